The molecule has 0 radical (unpaired) electrons. The molecule has 0 N–H and O–H groups in total. The van der Waals surface area contributed by atoms with Crippen LogP contribution in [0.1, 0.15) is 11.6 Å². The minimum Gasteiger partial charge on any atom is -0.328 e. The Morgan fingerprint density at radius 1 is 0.426 bits per heavy atom. The number of aryl methyl sites for hydroxylation is 2. The minimum absolute atomic E-state index is 0. The average molecular weight is 1050 g/mol. The van der Waals surface area contributed by atoms with Crippen LogP contribution in [-0.4, -0.2) is 42.9 Å². The van der Waals surface area contributed by atoms with E-state index in [2.05, 4.69) is 153 Å². The number of hydrogen-bond donors (Lipinski definition) is 0. The van der Waals surface area contributed by atoms with E-state index in [1.54, 1.807) is 0 Å². The van der Waals surface area contributed by atoms with Crippen molar-refractivity contribution in [1.82, 2.24) is 29.5 Å². The molecule has 10 aromatic rings. The van der Waals surface area contributed by atoms with Crippen LogP contribution in [0, 0.1) is 38.1 Å². The van der Waals surface area contributed by atoms with Crippen molar-refractivity contribution in [3.8, 4) is 28.5 Å². The summed E-state index contributed by atoms with van der Waals surface area (Å²) in [4.78, 5) is 23.6. The molecule has 0 atom stereocenters. The van der Waals surface area contributed by atoms with E-state index in [1.807, 2.05) is 74.8 Å². The Morgan fingerprint density at radius 2 is 0.852 bits per heavy atom. The topological polar surface area (TPSA) is 69.4 Å². The van der Waals surface area contributed by atoms with E-state index < -0.39 is 0 Å². The summed E-state index contributed by atoms with van der Waals surface area (Å²) >= 11 is 0. The summed E-state index contributed by atoms with van der Waals surface area (Å²) in [5, 5.41) is 2.06. The van der Waals surface area contributed by atoms with Crippen LogP contribution in [0.25, 0.3) is 50.3 Å². The van der Waals surface area contributed by atoms with E-state index >= 15 is 0 Å². The van der Waals surface area contributed by atoms with E-state index in [1.165, 1.54) is 0 Å². The summed E-state index contributed by atoms with van der Waals surface area (Å²) in [6.07, 6.45) is 3.63. The first-order valence-corrected chi connectivity index (χ1v) is 19.7. The Hall–Kier alpha value is -6.09. The second-order valence-electron chi connectivity index (χ2n) is 14.6. The Labute approximate surface area is 384 Å². The fourth-order valence-corrected chi connectivity index (χ4v) is 8.13. The molecular formula is C51H34B2N6PdPt. The quantitative estimate of drug-likeness (QED) is 0.133. The molecule has 0 aliphatic rings. The zero-order valence-electron chi connectivity index (χ0n) is 33.1. The number of benzene rings is 6. The SMILES string of the molecule is Cc1nc(C)nc(-n2c3[c-]c(B(c4[c-]c(-c5ccccn5)ccc4)c4ccccc4)ccc3c3ccc(B(c4[c-]c(-c5ccccn5)ccc4)c4ccccc4)[c-]c32)n1.[Pd+2].[Pt+2]. The number of pyridine rings is 2. The van der Waals surface area contributed by atoms with Gasteiger partial charge in [-0.3, -0.25) is 0 Å². The smallest absolute Gasteiger partial charge is 0.328 e. The monoisotopic (exact) mass is 1050 g/mol. The van der Waals surface area contributed by atoms with Crippen LogP contribution in [0.3, 0.4) is 0 Å². The van der Waals surface area contributed by atoms with Crippen molar-refractivity contribution in [3.05, 3.63) is 206 Å². The largest absolute Gasteiger partial charge is 2.00 e. The molecule has 294 valence electrons. The van der Waals surface area contributed by atoms with Gasteiger partial charge in [0, 0.05) is 12.4 Å². The summed E-state index contributed by atoms with van der Waals surface area (Å²) in [5.74, 6) is 1.80. The van der Waals surface area contributed by atoms with Crippen LogP contribution in [0.2, 0.25) is 0 Å². The van der Waals surface area contributed by atoms with Gasteiger partial charge in [0.25, 0.3) is 0 Å². The van der Waals surface area contributed by atoms with Gasteiger partial charge in [-0.15, -0.1) is 59.7 Å². The van der Waals surface area contributed by atoms with Gasteiger partial charge in [-0.2, -0.15) is 79.0 Å². The molecule has 0 aliphatic carbocycles. The van der Waals surface area contributed by atoms with Crippen LogP contribution in [-0.2, 0) is 41.5 Å². The second-order valence-corrected chi connectivity index (χ2v) is 14.6. The fraction of sp³-hybridized carbons (Fsp3) is 0.0392. The molecule has 0 saturated carbocycles. The van der Waals surface area contributed by atoms with Gasteiger partial charge in [-0.05, 0) is 37.4 Å². The standard InChI is InChI=1S/C51H34B2N6.Pd.Pt/c1-35-56-36(2)58-51(57-35)59-49-33-43(52(39-17-5-3-6-18-39)41-21-13-15-37(31-41)47-23-9-11-29-54-47)25-27-45(49)46-28-26-44(34-50(46)59)53(40-19-7-4-8-20-40)42-22-14-16-38(32-42)48-24-10-12-30-55-48;;/h3-30H,1-2H3;;/q-4;2*+2. The van der Waals surface area contributed by atoms with Gasteiger partial charge in [0.1, 0.15) is 11.6 Å². The van der Waals surface area contributed by atoms with Crippen molar-refractivity contribution in [3.63, 3.8) is 0 Å². The zero-order valence-corrected chi connectivity index (χ0v) is 37.0. The summed E-state index contributed by atoms with van der Waals surface area (Å²) in [6, 6.07) is 69.6. The van der Waals surface area contributed by atoms with Gasteiger partial charge < -0.3 is 14.5 Å². The van der Waals surface area contributed by atoms with E-state index in [0.29, 0.717) is 17.6 Å². The maximum Gasteiger partial charge on any atom is 2.00 e. The molecule has 6 nitrogen and oxygen atoms in total. The van der Waals surface area contributed by atoms with Gasteiger partial charge in [0.05, 0.1) is 0 Å². The number of rotatable bonds is 9. The van der Waals surface area contributed by atoms with Gasteiger partial charge in [0.2, 0.25) is 5.95 Å². The Balaban J connectivity index is 0.00000257. The summed E-state index contributed by atoms with van der Waals surface area (Å²) in [5.41, 5.74) is 11.6. The van der Waals surface area contributed by atoms with E-state index in [-0.39, 0.29) is 54.9 Å². The van der Waals surface area contributed by atoms with E-state index in [4.69, 9.17) is 9.97 Å². The summed E-state index contributed by atoms with van der Waals surface area (Å²) < 4.78 is 2.10. The van der Waals surface area contributed by atoms with E-state index in [0.717, 1.165) is 77.1 Å². The number of aromatic nitrogens is 6. The van der Waals surface area contributed by atoms with E-state index in [9.17, 15) is 0 Å². The Morgan fingerprint density at radius 3 is 1.28 bits per heavy atom. The van der Waals surface area contributed by atoms with Crippen LogP contribution in [0.4, 0.5) is 0 Å². The molecule has 0 bridgehead atoms. The van der Waals surface area contributed by atoms with Gasteiger partial charge in [-0.25, -0.2) is 4.98 Å². The predicted molar refractivity (Wildman–Crippen MR) is 241 cm³/mol. The first-order valence-electron chi connectivity index (χ1n) is 19.7. The number of hydrogen-bond acceptors (Lipinski definition) is 5. The van der Waals surface area contributed by atoms with Crippen molar-refractivity contribution >= 4 is 68.0 Å². The number of nitrogens with zero attached hydrogens (tertiary/aromatic N) is 6. The third-order valence-electron chi connectivity index (χ3n) is 10.7. The zero-order chi connectivity index (χ0) is 39.7. The Kier molecular flexibility index (Phi) is 12.5. The van der Waals surface area contributed by atoms with Crippen LogP contribution < -0.4 is 32.8 Å². The molecule has 4 heterocycles. The van der Waals surface area contributed by atoms with Crippen LogP contribution in [0.5, 0.6) is 0 Å². The Bertz CT molecular complexity index is 2890. The molecule has 0 amide bonds. The molecule has 6 aromatic carbocycles. The average Bonchev–Trinajstić information content (AvgIpc) is 3.61. The molecule has 61 heavy (non-hydrogen) atoms. The summed E-state index contributed by atoms with van der Waals surface area (Å²) in [7, 11) is 0. The molecule has 10 heteroatoms. The second kappa shape index (κ2) is 18.3. The van der Waals surface area contributed by atoms with Crippen molar-refractivity contribution in [2.45, 2.75) is 13.8 Å². The van der Waals surface area contributed by atoms with Crippen molar-refractivity contribution in [1.29, 1.82) is 0 Å². The first kappa shape index (κ1) is 41.6. The van der Waals surface area contributed by atoms with Crippen molar-refractivity contribution in [2.75, 3.05) is 0 Å². The van der Waals surface area contributed by atoms with Crippen LogP contribution >= 0.6 is 0 Å². The molecule has 0 spiro atoms. The summed E-state index contributed by atoms with van der Waals surface area (Å²) in [6.45, 7) is 3.48. The van der Waals surface area contributed by atoms with Gasteiger partial charge in [-0.1, -0.05) is 107 Å². The van der Waals surface area contributed by atoms with Gasteiger partial charge in [0.15, 0.2) is 13.4 Å². The molecule has 0 aliphatic heterocycles. The van der Waals surface area contributed by atoms with Gasteiger partial charge >= 0.3 is 41.5 Å². The normalized spacial score (nSPS) is 10.9. The molecule has 0 fully saturated rings. The first-order chi connectivity index (χ1) is 29.1. The fourth-order valence-electron chi connectivity index (χ4n) is 8.13. The maximum atomic E-state index is 4.92. The molecule has 0 saturated heterocycles. The molecular weight excluding hydrogens is 1020 g/mol. The minimum atomic E-state index is -0.165. The van der Waals surface area contributed by atoms with Crippen LogP contribution in [0.15, 0.2) is 170 Å². The predicted octanol–water partition coefficient (Wildman–Crippen LogP) is 5.94. The molecule has 4 aromatic heterocycles. The third-order valence-corrected chi connectivity index (χ3v) is 10.7. The molecule has 10 rings (SSSR count). The maximum absolute atomic E-state index is 4.92. The van der Waals surface area contributed by atoms with Crippen molar-refractivity contribution in [2.24, 2.45) is 0 Å². The van der Waals surface area contributed by atoms with Crippen molar-refractivity contribution < 1.29 is 41.5 Å². The third kappa shape index (κ3) is 8.35. The molecule has 0 unspecified atom stereocenters. The number of fused-ring (bicyclic) bond motifs is 3.